The van der Waals surface area contributed by atoms with E-state index in [9.17, 15) is 15.0 Å². The van der Waals surface area contributed by atoms with E-state index < -0.39 is 24.4 Å². The Morgan fingerprint density at radius 1 is 1.50 bits per heavy atom. The second-order valence-corrected chi connectivity index (χ2v) is 4.50. The fourth-order valence-electron chi connectivity index (χ4n) is 2.35. The van der Waals surface area contributed by atoms with Crippen LogP contribution in [0.15, 0.2) is 16.9 Å². The number of aliphatic hydroxyl groups is 2. The van der Waals surface area contributed by atoms with E-state index in [1.54, 1.807) is 13.0 Å². The predicted molar refractivity (Wildman–Crippen MR) is 71.1 cm³/mol. The number of ether oxygens (including phenoxy) is 2. The molecule has 1 aromatic rings. The van der Waals surface area contributed by atoms with Gasteiger partial charge in [0, 0.05) is 18.7 Å². The topological polar surface area (TPSA) is 91.8 Å². The molecule has 6 nitrogen and oxygen atoms in total. The highest BCUT2D eigenvalue weighted by Crippen LogP contribution is 2.35. The van der Waals surface area contributed by atoms with E-state index in [0.717, 1.165) is 0 Å². The summed E-state index contributed by atoms with van der Waals surface area (Å²) in [5.41, 5.74) is 0.788. The second-order valence-electron chi connectivity index (χ2n) is 4.50. The molecule has 6 heteroatoms. The number of nitrogens with one attached hydrogen (secondary N) is 1. The molecule has 108 valence electrons. The number of pyridine rings is 1. The number of aromatic amines is 1. The molecule has 3 N–H and O–H groups in total. The van der Waals surface area contributed by atoms with Gasteiger partial charge >= 0.3 is 0 Å². The first-order valence-corrected chi connectivity index (χ1v) is 6.25. The fourth-order valence-corrected chi connectivity index (χ4v) is 2.35. The molecular weight excluding hydrogens is 262 g/mol. The number of aliphatic hydroxyl groups excluding tert-OH is 2. The van der Waals surface area contributed by atoms with Crippen molar-refractivity contribution in [3.63, 3.8) is 0 Å². The van der Waals surface area contributed by atoms with Crippen LogP contribution in [0.1, 0.15) is 24.3 Å². The van der Waals surface area contributed by atoms with Crippen molar-refractivity contribution >= 4 is 0 Å². The van der Waals surface area contributed by atoms with Gasteiger partial charge in [-0.3, -0.25) is 4.79 Å². The van der Waals surface area contributed by atoms with E-state index in [1.807, 2.05) is 0 Å². The third-order valence-corrected chi connectivity index (χ3v) is 3.30. The number of rotatable bonds is 3. The lowest BCUT2D eigenvalue weighted by Gasteiger charge is -2.19. The van der Waals surface area contributed by atoms with Crippen LogP contribution in [-0.2, 0) is 9.47 Å². The highest BCUT2D eigenvalue weighted by atomic mass is 16.6. The standard InChI is InChI=1S/C14H17NO5/c1-3-4-9-8(5-6-11(17)15-9)13-14(19-2)12(18)10(7-16)20-13/h5-6,10,12-14,16,18H,7H2,1-2H3,(H,15,17)/t10-,12?,13+,14+/m1/s1. The quantitative estimate of drug-likeness (QED) is 0.652. The maximum absolute atomic E-state index is 11.4. The highest BCUT2D eigenvalue weighted by molar-refractivity contribution is 5.37. The molecule has 0 aromatic carbocycles. The lowest BCUT2D eigenvalue weighted by Crippen LogP contribution is -2.34. The summed E-state index contributed by atoms with van der Waals surface area (Å²) in [4.78, 5) is 14.0. The molecule has 1 fully saturated rings. The summed E-state index contributed by atoms with van der Waals surface area (Å²) in [6.07, 6.45) is -2.89. The fraction of sp³-hybridized carbons (Fsp3) is 0.500. The van der Waals surface area contributed by atoms with E-state index in [-0.39, 0.29) is 12.2 Å². The molecule has 1 aliphatic rings. The zero-order chi connectivity index (χ0) is 14.7. The summed E-state index contributed by atoms with van der Waals surface area (Å²) in [7, 11) is 1.46. The molecule has 1 aliphatic heterocycles. The van der Waals surface area contributed by atoms with Crippen LogP contribution in [0.5, 0.6) is 0 Å². The minimum atomic E-state index is -0.940. The normalized spacial score (nSPS) is 29.0. The van der Waals surface area contributed by atoms with Gasteiger partial charge in [-0.05, 0) is 18.9 Å². The molecule has 20 heavy (non-hydrogen) atoms. The van der Waals surface area contributed by atoms with Crippen molar-refractivity contribution in [1.29, 1.82) is 0 Å². The smallest absolute Gasteiger partial charge is 0.248 e. The van der Waals surface area contributed by atoms with Crippen molar-refractivity contribution in [3.8, 4) is 11.8 Å². The van der Waals surface area contributed by atoms with Crippen LogP contribution in [0.2, 0.25) is 0 Å². The summed E-state index contributed by atoms with van der Waals surface area (Å²) < 4.78 is 10.9. The van der Waals surface area contributed by atoms with Crippen LogP contribution in [-0.4, -0.2) is 47.2 Å². The van der Waals surface area contributed by atoms with Crippen LogP contribution in [0.4, 0.5) is 0 Å². The first kappa shape index (κ1) is 14.8. The first-order chi connectivity index (χ1) is 9.62. The minimum absolute atomic E-state index is 0.266. The molecule has 1 saturated heterocycles. The Bertz CT molecular complexity index is 585. The van der Waals surface area contributed by atoms with Gasteiger partial charge in [-0.15, -0.1) is 0 Å². The molecule has 4 atom stereocenters. The van der Waals surface area contributed by atoms with Crippen LogP contribution < -0.4 is 5.56 Å². The highest BCUT2D eigenvalue weighted by Gasteiger charge is 2.45. The molecule has 2 heterocycles. The Hall–Kier alpha value is -1.65. The van der Waals surface area contributed by atoms with E-state index in [4.69, 9.17) is 9.47 Å². The summed E-state index contributed by atoms with van der Waals surface area (Å²) in [5.74, 6) is 5.52. The van der Waals surface area contributed by atoms with E-state index in [0.29, 0.717) is 11.3 Å². The van der Waals surface area contributed by atoms with Gasteiger partial charge in [0.15, 0.2) is 0 Å². The van der Waals surface area contributed by atoms with Gasteiger partial charge in [0.2, 0.25) is 5.56 Å². The molecule has 1 unspecified atom stereocenters. The average Bonchev–Trinajstić information content (AvgIpc) is 2.75. The molecule has 0 saturated carbocycles. The number of aromatic nitrogens is 1. The number of hydrogen-bond acceptors (Lipinski definition) is 5. The van der Waals surface area contributed by atoms with Gasteiger partial charge in [-0.2, -0.15) is 0 Å². The molecule has 0 amide bonds. The van der Waals surface area contributed by atoms with Crippen molar-refractivity contribution < 1.29 is 19.7 Å². The Labute approximate surface area is 116 Å². The minimum Gasteiger partial charge on any atom is -0.394 e. The van der Waals surface area contributed by atoms with Gasteiger partial charge in [0.1, 0.15) is 24.4 Å². The van der Waals surface area contributed by atoms with E-state index in [2.05, 4.69) is 16.8 Å². The molecular formula is C14H17NO5. The van der Waals surface area contributed by atoms with Crippen molar-refractivity contribution in [2.45, 2.75) is 31.3 Å². The molecule has 0 bridgehead atoms. The number of methoxy groups -OCH3 is 1. The zero-order valence-electron chi connectivity index (χ0n) is 11.3. The predicted octanol–water partition coefficient (Wildman–Crippen LogP) is -0.446. The van der Waals surface area contributed by atoms with Gasteiger partial charge in [-0.1, -0.05) is 5.92 Å². The molecule has 2 rings (SSSR count). The van der Waals surface area contributed by atoms with Crippen molar-refractivity contribution in [2.24, 2.45) is 0 Å². The number of hydrogen-bond donors (Lipinski definition) is 3. The Balaban J connectivity index is 2.44. The van der Waals surface area contributed by atoms with Crippen LogP contribution in [0.25, 0.3) is 0 Å². The zero-order valence-corrected chi connectivity index (χ0v) is 11.3. The molecule has 0 radical (unpaired) electrons. The van der Waals surface area contributed by atoms with Crippen molar-refractivity contribution in [3.05, 3.63) is 33.7 Å². The molecule has 0 spiro atoms. The van der Waals surface area contributed by atoms with Crippen LogP contribution in [0, 0.1) is 11.8 Å². The van der Waals surface area contributed by atoms with Gasteiger partial charge in [-0.25, -0.2) is 0 Å². The summed E-state index contributed by atoms with van der Waals surface area (Å²) in [6.45, 7) is 1.35. The first-order valence-electron chi connectivity index (χ1n) is 6.25. The van der Waals surface area contributed by atoms with Gasteiger partial charge < -0.3 is 24.7 Å². The van der Waals surface area contributed by atoms with Crippen molar-refractivity contribution in [1.82, 2.24) is 4.98 Å². The SMILES string of the molecule is CC#Cc1[nH]c(=O)ccc1[C@@H]1O[C@H](CO)C(O)[C@@H]1OC. The summed E-state index contributed by atoms with van der Waals surface area (Å²) in [5, 5.41) is 19.2. The Kier molecular flexibility index (Phi) is 4.57. The van der Waals surface area contributed by atoms with Crippen molar-refractivity contribution in [2.75, 3.05) is 13.7 Å². The van der Waals surface area contributed by atoms with Crippen LogP contribution >= 0.6 is 0 Å². The Morgan fingerprint density at radius 2 is 2.25 bits per heavy atom. The maximum atomic E-state index is 11.4. The third kappa shape index (κ3) is 2.62. The maximum Gasteiger partial charge on any atom is 0.248 e. The monoisotopic (exact) mass is 279 g/mol. The average molecular weight is 279 g/mol. The van der Waals surface area contributed by atoms with E-state index >= 15 is 0 Å². The van der Waals surface area contributed by atoms with E-state index in [1.165, 1.54) is 13.2 Å². The summed E-state index contributed by atoms with van der Waals surface area (Å²) in [6, 6.07) is 2.96. The number of H-pyrrole nitrogens is 1. The summed E-state index contributed by atoms with van der Waals surface area (Å²) >= 11 is 0. The Morgan fingerprint density at radius 3 is 2.85 bits per heavy atom. The van der Waals surface area contributed by atoms with Gasteiger partial charge in [0.05, 0.1) is 12.3 Å². The largest absolute Gasteiger partial charge is 0.394 e. The lowest BCUT2D eigenvalue weighted by molar-refractivity contribution is -0.0235. The van der Waals surface area contributed by atoms with Crippen LogP contribution in [0.3, 0.4) is 0 Å². The lowest BCUT2D eigenvalue weighted by atomic mass is 10.00. The third-order valence-electron chi connectivity index (χ3n) is 3.30. The molecule has 0 aliphatic carbocycles. The second kappa shape index (κ2) is 6.20. The molecule has 1 aromatic heterocycles. The van der Waals surface area contributed by atoms with Gasteiger partial charge in [0.25, 0.3) is 0 Å².